The van der Waals surface area contributed by atoms with Crippen molar-refractivity contribution in [1.82, 2.24) is 15.1 Å². The molecular weight excluding hydrogens is 246 g/mol. The van der Waals surface area contributed by atoms with Gasteiger partial charge in [-0.1, -0.05) is 12.8 Å². The second-order valence-corrected chi connectivity index (χ2v) is 7.54. The van der Waals surface area contributed by atoms with Crippen molar-refractivity contribution in [3.8, 4) is 0 Å². The van der Waals surface area contributed by atoms with Crippen LogP contribution in [0.4, 0.5) is 0 Å². The van der Waals surface area contributed by atoms with Crippen LogP contribution < -0.4 is 5.32 Å². The maximum absolute atomic E-state index is 4.49. The molecule has 1 aromatic rings. The third kappa shape index (κ3) is 4.34. The Kier molecular flexibility index (Phi) is 4.90. The quantitative estimate of drug-likeness (QED) is 0.913. The highest BCUT2D eigenvalue weighted by molar-refractivity contribution is 5.09. The van der Waals surface area contributed by atoms with Crippen molar-refractivity contribution >= 4 is 0 Å². The minimum atomic E-state index is 0.227. The van der Waals surface area contributed by atoms with Crippen LogP contribution in [0.1, 0.15) is 57.8 Å². The summed E-state index contributed by atoms with van der Waals surface area (Å²) in [6.45, 7) is 10.0. The summed E-state index contributed by atoms with van der Waals surface area (Å²) >= 11 is 0. The Bertz CT molecular complexity index is 428. The molecular formula is C17H31N3. The van der Waals surface area contributed by atoms with Gasteiger partial charge in [0.15, 0.2) is 0 Å². The maximum atomic E-state index is 4.49. The van der Waals surface area contributed by atoms with E-state index in [1.807, 2.05) is 0 Å². The van der Waals surface area contributed by atoms with Crippen LogP contribution >= 0.6 is 0 Å². The zero-order chi connectivity index (χ0) is 14.8. The Balaban J connectivity index is 1.98. The number of aromatic nitrogens is 2. The summed E-state index contributed by atoms with van der Waals surface area (Å²) in [6.07, 6.45) is 6.74. The van der Waals surface area contributed by atoms with E-state index in [-0.39, 0.29) is 5.54 Å². The topological polar surface area (TPSA) is 29.9 Å². The number of nitrogens with one attached hydrogen (secondary N) is 1. The van der Waals surface area contributed by atoms with E-state index in [9.17, 15) is 0 Å². The highest BCUT2D eigenvalue weighted by Gasteiger charge is 2.27. The maximum Gasteiger partial charge on any atom is 0.0596 e. The minimum Gasteiger partial charge on any atom is -0.312 e. The fourth-order valence-electron chi connectivity index (χ4n) is 3.38. The van der Waals surface area contributed by atoms with Gasteiger partial charge >= 0.3 is 0 Å². The Morgan fingerprint density at radius 2 is 1.90 bits per heavy atom. The molecule has 20 heavy (non-hydrogen) atoms. The Labute approximate surface area is 124 Å². The predicted octanol–water partition coefficient (Wildman–Crippen LogP) is 3.47. The van der Waals surface area contributed by atoms with E-state index >= 15 is 0 Å². The standard InChI is InChI=1S/C17H31N3/c1-13-10-16(20(5)19-13)11-14-8-6-7-9-15(14)12-18-17(2,3)4/h10,14-15,18H,6-9,11-12H2,1-5H3. The number of hydrogen-bond donors (Lipinski definition) is 1. The van der Waals surface area contributed by atoms with Gasteiger partial charge in [-0.25, -0.2) is 0 Å². The number of nitrogens with zero attached hydrogens (tertiary/aromatic N) is 2. The molecule has 3 heteroatoms. The molecule has 1 saturated carbocycles. The first-order valence-corrected chi connectivity index (χ1v) is 8.10. The molecule has 0 spiro atoms. The number of aryl methyl sites for hydroxylation is 2. The first kappa shape index (κ1) is 15.6. The van der Waals surface area contributed by atoms with E-state index in [1.54, 1.807) is 0 Å². The molecule has 1 aromatic heterocycles. The second kappa shape index (κ2) is 6.30. The fourth-order valence-corrected chi connectivity index (χ4v) is 3.38. The van der Waals surface area contributed by atoms with E-state index in [4.69, 9.17) is 0 Å². The van der Waals surface area contributed by atoms with Crippen LogP contribution in [0, 0.1) is 18.8 Å². The van der Waals surface area contributed by atoms with Crippen LogP contribution in [0.25, 0.3) is 0 Å². The van der Waals surface area contributed by atoms with Crippen molar-refractivity contribution in [2.45, 2.75) is 65.3 Å². The third-order valence-electron chi connectivity index (χ3n) is 4.53. The van der Waals surface area contributed by atoms with Gasteiger partial charge in [-0.05, 0) is 71.4 Å². The highest BCUT2D eigenvalue weighted by atomic mass is 15.3. The molecule has 2 unspecified atom stereocenters. The molecule has 0 bridgehead atoms. The van der Waals surface area contributed by atoms with Gasteiger partial charge in [-0.15, -0.1) is 0 Å². The fraction of sp³-hybridized carbons (Fsp3) is 0.824. The van der Waals surface area contributed by atoms with Gasteiger partial charge in [0.05, 0.1) is 5.69 Å². The lowest BCUT2D eigenvalue weighted by Crippen LogP contribution is -2.41. The largest absolute Gasteiger partial charge is 0.312 e. The predicted molar refractivity (Wildman–Crippen MR) is 84.9 cm³/mol. The van der Waals surface area contributed by atoms with Crippen LogP contribution in [-0.2, 0) is 13.5 Å². The third-order valence-corrected chi connectivity index (χ3v) is 4.53. The SMILES string of the molecule is Cc1cc(CC2CCCCC2CNC(C)(C)C)n(C)n1. The monoisotopic (exact) mass is 277 g/mol. The van der Waals surface area contributed by atoms with Crippen LogP contribution in [0.5, 0.6) is 0 Å². The molecule has 0 saturated heterocycles. The van der Waals surface area contributed by atoms with Crippen molar-refractivity contribution < 1.29 is 0 Å². The molecule has 114 valence electrons. The van der Waals surface area contributed by atoms with Gasteiger partial charge in [-0.3, -0.25) is 4.68 Å². The molecule has 1 fully saturated rings. The molecule has 2 atom stereocenters. The second-order valence-electron chi connectivity index (χ2n) is 7.54. The smallest absolute Gasteiger partial charge is 0.0596 e. The molecule has 2 rings (SSSR count). The van der Waals surface area contributed by atoms with Crippen LogP contribution in [0.3, 0.4) is 0 Å². The van der Waals surface area contributed by atoms with Gasteiger partial charge in [-0.2, -0.15) is 5.10 Å². The van der Waals surface area contributed by atoms with E-state index < -0.39 is 0 Å². The number of rotatable bonds is 4. The molecule has 0 aromatic carbocycles. The Morgan fingerprint density at radius 3 is 2.45 bits per heavy atom. The van der Waals surface area contributed by atoms with Crippen LogP contribution in [0.15, 0.2) is 6.07 Å². The summed E-state index contributed by atoms with van der Waals surface area (Å²) in [5.74, 6) is 1.63. The van der Waals surface area contributed by atoms with Crippen molar-refractivity contribution in [2.75, 3.05) is 6.54 Å². The Hall–Kier alpha value is -0.830. The molecule has 0 radical (unpaired) electrons. The first-order valence-electron chi connectivity index (χ1n) is 8.10. The van der Waals surface area contributed by atoms with E-state index in [2.05, 4.69) is 55.9 Å². The summed E-state index contributed by atoms with van der Waals surface area (Å²) in [5.41, 5.74) is 2.77. The molecule has 1 aliphatic rings. The molecule has 1 heterocycles. The lowest BCUT2D eigenvalue weighted by molar-refractivity contribution is 0.211. The number of hydrogen-bond acceptors (Lipinski definition) is 2. The van der Waals surface area contributed by atoms with Crippen molar-refractivity contribution in [3.63, 3.8) is 0 Å². The highest BCUT2D eigenvalue weighted by Crippen LogP contribution is 2.32. The summed E-state index contributed by atoms with van der Waals surface area (Å²) < 4.78 is 2.07. The molecule has 1 aliphatic carbocycles. The van der Waals surface area contributed by atoms with Crippen LogP contribution in [0.2, 0.25) is 0 Å². The Morgan fingerprint density at radius 1 is 1.25 bits per heavy atom. The van der Waals surface area contributed by atoms with Gasteiger partial charge < -0.3 is 5.32 Å². The normalized spacial score (nSPS) is 24.1. The van der Waals surface area contributed by atoms with Crippen molar-refractivity contribution in [3.05, 3.63) is 17.5 Å². The van der Waals surface area contributed by atoms with Gasteiger partial charge in [0.25, 0.3) is 0 Å². The summed E-state index contributed by atoms with van der Waals surface area (Å²) in [6, 6.07) is 2.25. The molecule has 1 N–H and O–H groups in total. The van der Waals surface area contributed by atoms with E-state index in [0.29, 0.717) is 0 Å². The van der Waals surface area contributed by atoms with Crippen molar-refractivity contribution in [2.24, 2.45) is 18.9 Å². The minimum absolute atomic E-state index is 0.227. The zero-order valence-electron chi connectivity index (χ0n) is 13.9. The summed E-state index contributed by atoms with van der Waals surface area (Å²) in [7, 11) is 2.08. The average molecular weight is 277 g/mol. The van der Waals surface area contributed by atoms with Gasteiger partial charge in [0, 0.05) is 18.3 Å². The lowest BCUT2D eigenvalue weighted by atomic mass is 9.76. The van der Waals surface area contributed by atoms with E-state index in [0.717, 1.165) is 24.1 Å². The first-order chi connectivity index (χ1) is 9.35. The molecule has 3 nitrogen and oxygen atoms in total. The van der Waals surface area contributed by atoms with Crippen LogP contribution in [-0.4, -0.2) is 21.9 Å². The summed E-state index contributed by atoms with van der Waals surface area (Å²) in [4.78, 5) is 0. The van der Waals surface area contributed by atoms with Gasteiger partial charge in [0.2, 0.25) is 0 Å². The van der Waals surface area contributed by atoms with Crippen molar-refractivity contribution in [1.29, 1.82) is 0 Å². The molecule has 0 amide bonds. The molecule has 0 aliphatic heterocycles. The average Bonchev–Trinajstić information content (AvgIpc) is 2.66. The van der Waals surface area contributed by atoms with E-state index in [1.165, 1.54) is 37.8 Å². The lowest BCUT2D eigenvalue weighted by Gasteiger charge is -2.34. The zero-order valence-corrected chi connectivity index (χ0v) is 13.9. The van der Waals surface area contributed by atoms with Gasteiger partial charge in [0.1, 0.15) is 0 Å². The summed E-state index contributed by atoms with van der Waals surface area (Å²) in [5, 5.41) is 8.19.